The molecule has 0 bridgehead atoms. The van der Waals surface area contributed by atoms with Gasteiger partial charge in [-0.1, -0.05) is 36.0 Å². The molecule has 6 nitrogen and oxygen atoms in total. The Labute approximate surface area is 154 Å². The molecule has 0 aliphatic carbocycles. The quantitative estimate of drug-likeness (QED) is 0.594. The second kappa shape index (κ2) is 6.34. The number of hydrogen-bond donors (Lipinski definition) is 1. The molecule has 26 heavy (non-hydrogen) atoms. The summed E-state index contributed by atoms with van der Waals surface area (Å²) in [6.45, 7) is 2.05. The lowest BCUT2D eigenvalue weighted by molar-refractivity contribution is 0.0689. The van der Waals surface area contributed by atoms with Crippen LogP contribution in [0.3, 0.4) is 0 Å². The maximum absolute atomic E-state index is 11.2. The van der Waals surface area contributed by atoms with Crippen LogP contribution in [0, 0.1) is 6.92 Å². The predicted molar refractivity (Wildman–Crippen MR) is 100 cm³/mol. The lowest BCUT2D eigenvalue weighted by Crippen LogP contribution is -2.00. The fraction of sp³-hybridized carbons (Fsp3) is 0.105. The van der Waals surface area contributed by atoms with Crippen LogP contribution >= 0.6 is 11.8 Å². The van der Waals surface area contributed by atoms with Gasteiger partial charge in [0.15, 0.2) is 0 Å². The molecule has 7 heteroatoms. The van der Waals surface area contributed by atoms with Crippen LogP contribution in [0.25, 0.3) is 16.6 Å². The zero-order valence-electron chi connectivity index (χ0n) is 14.2. The predicted octanol–water partition coefficient (Wildman–Crippen LogP) is 3.92. The standard InChI is InChI=1S/C19H16N4O2S/c1-12-18(26-17-9-5-7-15(21-17)19(24)25)14-6-3-4-8-16(14)23(12)13-10-20-22(2)11-13/h3-11H,1-2H3,(H,24,25). The van der Waals surface area contributed by atoms with Gasteiger partial charge in [0.25, 0.3) is 0 Å². The van der Waals surface area contributed by atoms with E-state index in [0.29, 0.717) is 5.03 Å². The number of fused-ring (bicyclic) bond motifs is 1. The number of nitrogens with zero attached hydrogens (tertiary/aromatic N) is 4. The van der Waals surface area contributed by atoms with Crippen LogP contribution < -0.4 is 0 Å². The number of carbonyl (C=O) groups is 1. The Balaban J connectivity index is 1.87. The fourth-order valence-corrected chi connectivity index (χ4v) is 4.04. The number of aromatic nitrogens is 4. The minimum atomic E-state index is -1.03. The topological polar surface area (TPSA) is 72.9 Å². The van der Waals surface area contributed by atoms with Gasteiger partial charge in [-0.15, -0.1) is 0 Å². The highest BCUT2D eigenvalue weighted by Gasteiger charge is 2.18. The molecule has 0 atom stereocenters. The zero-order chi connectivity index (χ0) is 18.3. The van der Waals surface area contributed by atoms with E-state index in [1.54, 1.807) is 10.7 Å². The third-order valence-electron chi connectivity index (χ3n) is 4.15. The maximum Gasteiger partial charge on any atom is 0.354 e. The average Bonchev–Trinajstić information content (AvgIpc) is 3.17. The number of rotatable bonds is 4. The lowest BCUT2D eigenvalue weighted by Gasteiger charge is -2.06. The normalized spacial score (nSPS) is 11.2. The Morgan fingerprint density at radius 3 is 2.69 bits per heavy atom. The van der Waals surface area contributed by atoms with E-state index in [-0.39, 0.29) is 5.69 Å². The van der Waals surface area contributed by atoms with E-state index < -0.39 is 5.97 Å². The van der Waals surface area contributed by atoms with Gasteiger partial charge in [0.05, 0.1) is 17.4 Å². The average molecular weight is 364 g/mol. The Bertz CT molecular complexity index is 1130. The van der Waals surface area contributed by atoms with Crippen molar-refractivity contribution in [2.45, 2.75) is 16.8 Å². The highest BCUT2D eigenvalue weighted by Crippen LogP contribution is 2.38. The molecule has 0 aliphatic heterocycles. The first kappa shape index (κ1) is 16.4. The van der Waals surface area contributed by atoms with Crippen LogP contribution in [0.5, 0.6) is 0 Å². The van der Waals surface area contributed by atoms with Gasteiger partial charge in [0, 0.05) is 29.2 Å². The van der Waals surface area contributed by atoms with Gasteiger partial charge in [-0.25, -0.2) is 9.78 Å². The van der Waals surface area contributed by atoms with Crippen LogP contribution in [-0.4, -0.2) is 30.4 Å². The molecule has 130 valence electrons. The molecule has 0 spiro atoms. The number of carboxylic acids is 1. The lowest BCUT2D eigenvalue weighted by atomic mass is 10.2. The van der Waals surface area contributed by atoms with E-state index in [4.69, 9.17) is 0 Å². The van der Waals surface area contributed by atoms with Crippen molar-refractivity contribution < 1.29 is 9.90 Å². The van der Waals surface area contributed by atoms with Crippen molar-refractivity contribution in [3.05, 3.63) is 66.2 Å². The van der Waals surface area contributed by atoms with Gasteiger partial charge in [-0.05, 0) is 25.1 Å². The fourth-order valence-electron chi connectivity index (χ4n) is 3.02. The van der Waals surface area contributed by atoms with Crippen molar-refractivity contribution in [3.8, 4) is 5.69 Å². The van der Waals surface area contributed by atoms with Gasteiger partial charge in [-0.2, -0.15) is 5.10 Å². The number of aryl methyl sites for hydroxylation is 1. The van der Waals surface area contributed by atoms with Crippen molar-refractivity contribution in [1.82, 2.24) is 19.3 Å². The first-order chi connectivity index (χ1) is 12.5. The molecule has 3 heterocycles. The molecule has 0 unspecified atom stereocenters. The minimum Gasteiger partial charge on any atom is -0.477 e. The summed E-state index contributed by atoms with van der Waals surface area (Å²) in [5, 5.41) is 15.2. The second-order valence-corrected chi connectivity index (χ2v) is 6.94. The molecule has 0 saturated heterocycles. The zero-order valence-corrected chi connectivity index (χ0v) is 15.1. The molecular formula is C19H16N4O2S. The summed E-state index contributed by atoms with van der Waals surface area (Å²) >= 11 is 1.48. The van der Waals surface area contributed by atoms with E-state index in [0.717, 1.165) is 27.2 Å². The molecule has 4 rings (SSSR count). The summed E-state index contributed by atoms with van der Waals surface area (Å²) < 4.78 is 3.93. The van der Waals surface area contributed by atoms with Gasteiger partial charge < -0.3 is 9.67 Å². The van der Waals surface area contributed by atoms with Gasteiger partial charge in [0.1, 0.15) is 10.7 Å². The number of pyridine rings is 1. The largest absolute Gasteiger partial charge is 0.477 e. The SMILES string of the molecule is Cc1c(Sc2cccc(C(=O)O)n2)c2ccccc2n1-c1cnn(C)c1. The molecule has 3 aromatic heterocycles. The summed E-state index contributed by atoms with van der Waals surface area (Å²) in [5.74, 6) is -1.03. The number of para-hydroxylation sites is 1. The Hall–Kier alpha value is -3.06. The number of carboxylic acid groups (broad SMARTS) is 1. The van der Waals surface area contributed by atoms with E-state index in [1.807, 2.05) is 37.6 Å². The second-order valence-electron chi connectivity index (χ2n) is 5.91. The van der Waals surface area contributed by atoms with Gasteiger partial charge in [0.2, 0.25) is 0 Å². The van der Waals surface area contributed by atoms with Crippen molar-refractivity contribution >= 4 is 28.6 Å². The molecule has 0 amide bonds. The molecule has 0 radical (unpaired) electrons. The number of aromatic carboxylic acids is 1. The Morgan fingerprint density at radius 2 is 1.96 bits per heavy atom. The highest BCUT2D eigenvalue weighted by molar-refractivity contribution is 7.99. The van der Waals surface area contributed by atoms with Gasteiger partial charge in [-0.3, -0.25) is 4.68 Å². The smallest absolute Gasteiger partial charge is 0.354 e. The van der Waals surface area contributed by atoms with Crippen molar-refractivity contribution in [2.75, 3.05) is 0 Å². The van der Waals surface area contributed by atoms with E-state index in [1.165, 1.54) is 17.8 Å². The maximum atomic E-state index is 11.2. The van der Waals surface area contributed by atoms with Gasteiger partial charge >= 0.3 is 5.97 Å². The first-order valence-electron chi connectivity index (χ1n) is 8.02. The van der Waals surface area contributed by atoms with E-state index in [9.17, 15) is 9.90 Å². The van der Waals surface area contributed by atoms with Crippen LogP contribution in [-0.2, 0) is 7.05 Å². The summed E-state index contributed by atoms with van der Waals surface area (Å²) in [5.41, 5.74) is 3.17. The molecule has 1 N–H and O–H groups in total. The van der Waals surface area contributed by atoms with Crippen molar-refractivity contribution in [1.29, 1.82) is 0 Å². The third kappa shape index (κ3) is 2.76. The molecule has 0 fully saturated rings. The number of hydrogen-bond acceptors (Lipinski definition) is 4. The van der Waals surface area contributed by atoms with E-state index in [2.05, 4.69) is 33.7 Å². The molecule has 0 saturated carbocycles. The highest BCUT2D eigenvalue weighted by atomic mass is 32.2. The van der Waals surface area contributed by atoms with Crippen molar-refractivity contribution in [2.24, 2.45) is 7.05 Å². The summed E-state index contributed by atoms with van der Waals surface area (Å²) in [7, 11) is 1.89. The summed E-state index contributed by atoms with van der Waals surface area (Å²) in [6, 6.07) is 13.2. The van der Waals surface area contributed by atoms with Crippen molar-refractivity contribution in [3.63, 3.8) is 0 Å². The first-order valence-corrected chi connectivity index (χ1v) is 8.83. The van der Waals surface area contributed by atoms with E-state index >= 15 is 0 Å². The molecule has 0 aliphatic rings. The minimum absolute atomic E-state index is 0.0450. The summed E-state index contributed by atoms with van der Waals surface area (Å²) in [6.07, 6.45) is 3.80. The number of benzene rings is 1. The molecule has 1 aromatic carbocycles. The third-order valence-corrected chi connectivity index (χ3v) is 5.31. The van der Waals surface area contributed by atoms with Crippen LogP contribution in [0.1, 0.15) is 16.2 Å². The van der Waals surface area contributed by atoms with Crippen LogP contribution in [0.15, 0.2) is 64.8 Å². The molecule has 4 aromatic rings. The monoisotopic (exact) mass is 364 g/mol. The Morgan fingerprint density at radius 1 is 1.15 bits per heavy atom. The molecular weight excluding hydrogens is 348 g/mol. The van der Waals surface area contributed by atoms with Crippen LogP contribution in [0.4, 0.5) is 0 Å². The Kier molecular flexibility index (Phi) is 4.00. The van der Waals surface area contributed by atoms with Crippen LogP contribution in [0.2, 0.25) is 0 Å². The summed E-state index contributed by atoms with van der Waals surface area (Å²) in [4.78, 5) is 16.5.